The Morgan fingerprint density at radius 3 is 2.45 bits per heavy atom. The van der Waals surface area contributed by atoms with Crippen molar-refractivity contribution < 1.29 is 23.8 Å². The summed E-state index contributed by atoms with van der Waals surface area (Å²) < 4.78 is 18.6. The summed E-state index contributed by atoms with van der Waals surface area (Å²) in [6, 6.07) is 2.44. The van der Waals surface area contributed by atoms with Gasteiger partial charge in [0, 0.05) is 0 Å². The van der Waals surface area contributed by atoms with Crippen molar-refractivity contribution in [1.29, 1.82) is 0 Å². The van der Waals surface area contributed by atoms with Crippen LogP contribution >= 0.6 is 15.9 Å². The second-order valence-corrected chi connectivity index (χ2v) is 5.95. The largest absolute Gasteiger partial charge is 0.479 e. The SMILES string of the molecule is CC(C)(C)OC(=O)NC(C(=O)O)c1ccc(Br)c(F)c1. The van der Waals surface area contributed by atoms with Gasteiger partial charge in [-0.05, 0) is 54.4 Å². The highest BCUT2D eigenvalue weighted by molar-refractivity contribution is 9.10. The molecule has 0 bridgehead atoms. The van der Waals surface area contributed by atoms with Gasteiger partial charge in [0.1, 0.15) is 11.4 Å². The van der Waals surface area contributed by atoms with Crippen LogP contribution < -0.4 is 5.32 Å². The third-order valence-electron chi connectivity index (χ3n) is 2.19. The van der Waals surface area contributed by atoms with Gasteiger partial charge in [-0.3, -0.25) is 0 Å². The Kier molecular flexibility index (Phi) is 5.10. The van der Waals surface area contributed by atoms with E-state index in [1.165, 1.54) is 12.1 Å². The van der Waals surface area contributed by atoms with Crippen LogP contribution in [0.3, 0.4) is 0 Å². The molecule has 0 heterocycles. The molecule has 0 aliphatic carbocycles. The van der Waals surface area contributed by atoms with E-state index in [1.54, 1.807) is 20.8 Å². The number of halogens is 2. The number of carboxylic acid groups (broad SMARTS) is 1. The molecule has 20 heavy (non-hydrogen) atoms. The van der Waals surface area contributed by atoms with Gasteiger partial charge in [0.05, 0.1) is 4.47 Å². The molecule has 1 aromatic carbocycles. The smallest absolute Gasteiger partial charge is 0.408 e. The Hall–Kier alpha value is -1.63. The van der Waals surface area contributed by atoms with Crippen molar-refractivity contribution in [2.24, 2.45) is 0 Å². The molecule has 0 spiro atoms. The van der Waals surface area contributed by atoms with Crippen LogP contribution in [-0.4, -0.2) is 22.8 Å². The van der Waals surface area contributed by atoms with Gasteiger partial charge in [0.15, 0.2) is 6.04 Å². The number of carboxylic acids is 1. The normalized spacial score (nSPS) is 12.7. The van der Waals surface area contributed by atoms with Crippen LogP contribution in [-0.2, 0) is 9.53 Å². The van der Waals surface area contributed by atoms with Crippen LogP contribution in [0, 0.1) is 5.82 Å². The minimum Gasteiger partial charge on any atom is -0.479 e. The highest BCUT2D eigenvalue weighted by atomic mass is 79.9. The Labute approximate surface area is 124 Å². The Morgan fingerprint density at radius 2 is 2.00 bits per heavy atom. The summed E-state index contributed by atoms with van der Waals surface area (Å²) in [5.41, 5.74) is -0.637. The highest BCUT2D eigenvalue weighted by Crippen LogP contribution is 2.21. The Morgan fingerprint density at radius 1 is 1.40 bits per heavy atom. The monoisotopic (exact) mass is 347 g/mol. The van der Waals surface area contributed by atoms with E-state index in [9.17, 15) is 14.0 Å². The fourth-order valence-corrected chi connectivity index (χ4v) is 1.65. The summed E-state index contributed by atoms with van der Waals surface area (Å²) in [6.45, 7) is 4.96. The number of ether oxygens (including phenoxy) is 1. The molecule has 110 valence electrons. The molecule has 0 fully saturated rings. The van der Waals surface area contributed by atoms with Gasteiger partial charge in [-0.25, -0.2) is 14.0 Å². The molecule has 1 rings (SSSR count). The summed E-state index contributed by atoms with van der Waals surface area (Å²) in [5.74, 6) is -1.92. The van der Waals surface area contributed by atoms with Crippen molar-refractivity contribution in [1.82, 2.24) is 5.32 Å². The lowest BCUT2D eigenvalue weighted by molar-refractivity contribution is -0.139. The summed E-state index contributed by atoms with van der Waals surface area (Å²) in [6.07, 6.45) is -0.881. The molecular weight excluding hydrogens is 333 g/mol. The fourth-order valence-electron chi connectivity index (χ4n) is 1.40. The molecule has 0 aromatic heterocycles. The maximum absolute atomic E-state index is 13.4. The quantitative estimate of drug-likeness (QED) is 0.879. The van der Waals surface area contributed by atoms with Gasteiger partial charge < -0.3 is 15.2 Å². The number of benzene rings is 1. The van der Waals surface area contributed by atoms with Crippen molar-refractivity contribution >= 4 is 28.0 Å². The third kappa shape index (κ3) is 4.80. The number of carbonyl (C=O) groups excluding carboxylic acids is 1. The zero-order chi connectivity index (χ0) is 15.5. The first-order valence-corrected chi connectivity index (χ1v) is 6.57. The first-order valence-electron chi connectivity index (χ1n) is 5.77. The molecule has 7 heteroatoms. The minimum atomic E-state index is -1.38. The Bertz CT molecular complexity index is 528. The van der Waals surface area contributed by atoms with Crippen molar-refractivity contribution in [3.63, 3.8) is 0 Å². The molecule has 0 radical (unpaired) electrons. The van der Waals surface area contributed by atoms with Crippen molar-refractivity contribution in [2.75, 3.05) is 0 Å². The number of amides is 1. The van der Waals surface area contributed by atoms with E-state index in [-0.39, 0.29) is 10.0 Å². The van der Waals surface area contributed by atoms with Gasteiger partial charge >= 0.3 is 12.1 Å². The average molecular weight is 348 g/mol. The zero-order valence-electron chi connectivity index (χ0n) is 11.2. The van der Waals surface area contributed by atoms with Crippen molar-refractivity contribution in [3.8, 4) is 0 Å². The fraction of sp³-hybridized carbons (Fsp3) is 0.385. The minimum absolute atomic E-state index is 0.115. The summed E-state index contributed by atoms with van der Waals surface area (Å²) in [5, 5.41) is 11.3. The van der Waals surface area contributed by atoms with Crippen LogP contribution in [0.25, 0.3) is 0 Å². The van der Waals surface area contributed by atoms with E-state index in [2.05, 4.69) is 21.2 Å². The number of hydrogen-bond acceptors (Lipinski definition) is 3. The van der Waals surface area contributed by atoms with Crippen LogP contribution in [0.5, 0.6) is 0 Å². The molecule has 0 saturated heterocycles. The van der Waals surface area contributed by atoms with Crippen molar-refractivity contribution in [3.05, 3.63) is 34.1 Å². The number of aliphatic carboxylic acids is 1. The predicted molar refractivity (Wildman–Crippen MR) is 73.8 cm³/mol. The second-order valence-electron chi connectivity index (χ2n) is 5.09. The highest BCUT2D eigenvalue weighted by Gasteiger charge is 2.26. The number of hydrogen-bond donors (Lipinski definition) is 2. The van der Waals surface area contributed by atoms with E-state index in [1.807, 2.05) is 0 Å². The van der Waals surface area contributed by atoms with E-state index in [0.717, 1.165) is 6.07 Å². The predicted octanol–water partition coefficient (Wildman–Crippen LogP) is 3.24. The molecule has 1 atom stereocenters. The summed E-state index contributed by atoms with van der Waals surface area (Å²) in [4.78, 5) is 22.8. The lowest BCUT2D eigenvalue weighted by Gasteiger charge is -2.22. The molecule has 2 N–H and O–H groups in total. The van der Waals surface area contributed by atoms with Gasteiger partial charge in [-0.15, -0.1) is 0 Å². The van der Waals surface area contributed by atoms with E-state index in [0.29, 0.717) is 0 Å². The molecule has 0 aliphatic heterocycles. The van der Waals surface area contributed by atoms with Gasteiger partial charge in [-0.1, -0.05) is 6.07 Å². The first-order chi connectivity index (χ1) is 9.10. The lowest BCUT2D eigenvalue weighted by atomic mass is 10.1. The summed E-state index contributed by atoms with van der Waals surface area (Å²) in [7, 11) is 0. The Balaban J connectivity index is 2.92. The van der Waals surface area contributed by atoms with Crippen LogP contribution in [0.1, 0.15) is 32.4 Å². The van der Waals surface area contributed by atoms with Gasteiger partial charge in [0.25, 0.3) is 0 Å². The molecule has 0 aliphatic rings. The molecule has 5 nitrogen and oxygen atoms in total. The molecule has 1 amide bonds. The van der Waals surface area contributed by atoms with Gasteiger partial charge in [-0.2, -0.15) is 0 Å². The van der Waals surface area contributed by atoms with Crippen molar-refractivity contribution in [2.45, 2.75) is 32.4 Å². The second kappa shape index (κ2) is 6.21. The van der Waals surface area contributed by atoms with E-state index < -0.39 is 29.5 Å². The lowest BCUT2D eigenvalue weighted by Crippen LogP contribution is -2.38. The van der Waals surface area contributed by atoms with E-state index >= 15 is 0 Å². The number of rotatable bonds is 3. The molecule has 0 saturated carbocycles. The maximum Gasteiger partial charge on any atom is 0.408 e. The number of alkyl carbamates (subject to hydrolysis) is 1. The standard InChI is InChI=1S/C13H15BrFNO4/c1-13(2,3)20-12(19)16-10(11(17)18)7-4-5-8(14)9(15)6-7/h4-6,10H,1-3H3,(H,16,19)(H,17,18). The summed E-state index contributed by atoms with van der Waals surface area (Å²) >= 11 is 2.97. The molecular formula is C13H15BrFNO4. The first kappa shape index (κ1) is 16.4. The number of carbonyl (C=O) groups is 2. The molecule has 1 aromatic rings. The van der Waals surface area contributed by atoms with Crippen LogP contribution in [0.15, 0.2) is 22.7 Å². The van der Waals surface area contributed by atoms with Gasteiger partial charge in [0.2, 0.25) is 0 Å². The third-order valence-corrected chi connectivity index (χ3v) is 2.83. The van der Waals surface area contributed by atoms with Crippen LogP contribution in [0.4, 0.5) is 9.18 Å². The topological polar surface area (TPSA) is 75.6 Å². The average Bonchev–Trinajstić information content (AvgIpc) is 2.27. The molecule has 1 unspecified atom stereocenters. The van der Waals surface area contributed by atoms with Crippen LogP contribution in [0.2, 0.25) is 0 Å². The zero-order valence-corrected chi connectivity index (χ0v) is 12.8. The maximum atomic E-state index is 13.4. The van der Waals surface area contributed by atoms with E-state index in [4.69, 9.17) is 9.84 Å². The number of nitrogens with one attached hydrogen (secondary N) is 1.